The van der Waals surface area contributed by atoms with Gasteiger partial charge in [0.1, 0.15) is 0 Å². The van der Waals surface area contributed by atoms with Gasteiger partial charge in [0.15, 0.2) is 0 Å². The first-order valence-corrected chi connectivity index (χ1v) is 9.89. The summed E-state index contributed by atoms with van der Waals surface area (Å²) in [5.74, 6) is 0. The van der Waals surface area contributed by atoms with Crippen LogP contribution in [0.3, 0.4) is 0 Å². The first-order chi connectivity index (χ1) is 13.2. The Hall–Kier alpha value is -1.86. The van der Waals surface area contributed by atoms with Gasteiger partial charge in [0.25, 0.3) is 0 Å². The lowest BCUT2D eigenvalue weighted by Gasteiger charge is -2.61. The van der Waals surface area contributed by atoms with Crippen LogP contribution in [0, 0.1) is 0 Å². The summed E-state index contributed by atoms with van der Waals surface area (Å²) in [6.45, 7) is 6.87. The summed E-state index contributed by atoms with van der Waals surface area (Å²) >= 11 is 0. The highest BCUT2D eigenvalue weighted by atomic mass is 16.3. The van der Waals surface area contributed by atoms with E-state index in [0.717, 1.165) is 57.9 Å². The highest BCUT2D eigenvalue weighted by molar-refractivity contribution is 5.16. The summed E-state index contributed by atoms with van der Waals surface area (Å²) in [4.78, 5) is 16.4. The smallest absolute Gasteiger partial charge is 0.0682 e. The number of nitrogens with zero attached hydrogens (tertiary/aromatic N) is 5. The molecular weight excluding hydrogens is 338 g/mol. The third-order valence-electron chi connectivity index (χ3n) is 6.27. The summed E-state index contributed by atoms with van der Waals surface area (Å²) in [6, 6.07) is 10.8. The second-order valence-electron chi connectivity index (χ2n) is 8.42. The van der Waals surface area contributed by atoms with Crippen LogP contribution in [-0.4, -0.2) is 80.2 Å². The quantitative estimate of drug-likeness (QED) is 0.872. The topological polar surface area (TPSA) is 55.7 Å². The molecule has 0 aromatic carbocycles. The number of aliphatic hydroxyl groups excluding tert-OH is 1. The summed E-state index contributed by atoms with van der Waals surface area (Å²) < 4.78 is 0. The van der Waals surface area contributed by atoms with Crippen LogP contribution in [-0.2, 0) is 13.1 Å². The number of β-amino-alcohol motifs (C(OH)–C–C–N with tert-alkyl or cyclic N) is 1. The Kier molecular flexibility index (Phi) is 4.44. The van der Waals surface area contributed by atoms with E-state index in [1.807, 2.05) is 30.7 Å². The Bertz CT molecular complexity index is 765. The van der Waals surface area contributed by atoms with Crippen LogP contribution >= 0.6 is 0 Å². The molecule has 3 aliphatic rings. The van der Waals surface area contributed by atoms with Gasteiger partial charge in [0.2, 0.25) is 0 Å². The van der Waals surface area contributed by atoms with Gasteiger partial charge in [-0.25, -0.2) is 0 Å². The molecule has 6 heteroatoms. The zero-order chi connectivity index (χ0) is 18.3. The van der Waals surface area contributed by atoms with Crippen molar-refractivity contribution in [3.05, 3.63) is 60.2 Å². The molecule has 3 saturated heterocycles. The van der Waals surface area contributed by atoms with E-state index in [1.165, 1.54) is 5.56 Å². The predicted octanol–water partition coefficient (Wildman–Crippen LogP) is 0.982. The molecule has 2 atom stereocenters. The summed E-state index contributed by atoms with van der Waals surface area (Å²) in [5, 5.41) is 10.3. The van der Waals surface area contributed by atoms with Gasteiger partial charge < -0.3 is 5.11 Å². The van der Waals surface area contributed by atoms with Crippen molar-refractivity contribution in [3.8, 4) is 0 Å². The average Bonchev–Trinajstić information content (AvgIpc) is 3.03. The molecule has 3 aliphatic heterocycles. The molecule has 0 bridgehead atoms. The standard InChI is InChI=1S/C21H27N5O/c27-20-8-19-12-24(10-17-4-3-6-22-9-17)14-21(26(19)13-20)15-25(16-21)11-18-5-1-2-7-23-18/h1-7,9,19-20,27H,8,10-16H2/t19-,20-/m1/s1. The highest BCUT2D eigenvalue weighted by Crippen LogP contribution is 2.39. The van der Waals surface area contributed by atoms with Crippen molar-refractivity contribution in [3.63, 3.8) is 0 Å². The van der Waals surface area contributed by atoms with Crippen molar-refractivity contribution >= 4 is 0 Å². The lowest BCUT2D eigenvalue weighted by molar-refractivity contribution is -0.118. The van der Waals surface area contributed by atoms with Gasteiger partial charge in [-0.3, -0.25) is 24.7 Å². The molecule has 0 amide bonds. The summed E-state index contributed by atoms with van der Waals surface area (Å²) in [7, 11) is 0. The van der Waals surface area contributed by atoms with Gasteiger partial charge in [0, 0.05) is 70.4 Å². The molecule has 1 spiro atoms. The van der Waals surface area contributed by atoms with Crippen LogP contribution in [0.2, 0.25) is 0 Å². The second-order valence-corrected chi connectivity index (χ2v) is 8.42. The van der Waals surface area contributed by atoms with Crippen molar-refractivity contribution in [2.45, 2.75) is 37.2 Å². The zero-order valence-corrected chi connectivity index (χ0v) is 15.6. The van der Waals surface area contributed by atoms with Gasteiger partial charge >= 0.3 is 0 Å². The van der Waals surface area contributed by atoms with Crippen molar-refractivity contribution in [1.29, 1.82) is 0 Å². The number of hydrogen-bond acceptors (Lipinski definition) is 6. The molecule has 5 rings (SSSR count). The Balaban J connectivity index is 1.30. The van der Waals surface area contributed by atoms with Crippen LogP contribution in [0.4, 0.5) is 0 Å². The Morgan fingerprint density at radius 3 is 2.67 bits per heavy atom. The van der Waals surface area contributed by atoms with Gasteiger partial charge in [-0.05, 0) is 30.2 Å². The molecule has 0 radical (unpaired) electrons. The van der Waals surface area contributed by atoms with Crippen LogP contribution in [0.5, 0.6) is 0 Å². The van der Waals surface area contributed by atoms with E-state index in [9.17, 15) is 5.11 Å². The van der Waals surface area contributed by atoms with Gasteiger partial charge in [-0.2, -0.15) is 0 Å². The maximum Gasteiger partial charge on any atom is 0.0682 e. The molecule has 2 aromatic heterocycles. The first-order valence-electron chi connectivity index (χ1n) is 9.89. The minimum Gasteiger partial charge on any atom is -0.392 e. The molecule has 27 heavy (non-hydrogen) atoms. The fourth-order valence-corrected chi connectivity index (χ4v) is 5.29. The maximum absolute atomic E-state index is 10.3. The molecule has 1 N–H and O–H groups in total. The Morgan fingerprint density at radius 2 is 1.89 bits per heavy atom. The third kappa shape index (κ3) is 3.38. The third-order valence-corrected chi connectivity index (χ3v) is 6.27. The minimum atomic E-state index is -0.185. The fraction of sp³-hybridized carbons (Fsp3) is 0.524. The summed E-state index contributed by atoms with van der Waals surface area (Å²) in [6.07, 6.45) is 6.38. The average molecular weight is 365 g/mol. The molecule has 5 heterocycles. The van der Waals surface area contributed by atoms with Crippen molar-refractivity contribution < 1.29 is 5.11 Å². The van der Waals surface area contributed by atoms with E-state index in [0.29, 0.717) is 6.04 Å². The number of aliphatic hydroxyl groups is 1. The zero-order valence-electron chi connectivity index (χ0n) is 15.6. The fourth-order valence-electron chi connectivity index (χ4n) is 5.29. The molecule has 2 aromatic rings. The van der Waals surface area contributed by atoms with E-state index < -0.39 is 0 Å². The number of hydrogen-bond donors (Lipinski definition) is 1. The van der Waals surface area contributed by atoms with Crippen LogP contribution < -0.4 is 0 Å². The lowest BCUT2D eigenvalue weighted by atomic mass is 9.83. The minimum absolute atomic E-state index is 0.164. The normalized spacial score (nSPS) is 28.2. The number of pyridine rings is 2. The number of rotatable bonds is 4. The first kappa shape index (κ1) is 17.3. The van der Waals surface area contributed by atoms with Crippen LogP contribution in [0.25, 0.3) is 0 Å². The number of piperazine rings is 1. The molecule has 0 unspecified atom stereocenters. The van der Waals surface area contributed by atoms with Gasteiger partial charge in [-0.1, -0.05) is 12.1 Å². The monoisotopic (exact) mass is 365 g/mol. The lowest BCUT2D eigenvalue weighted by Crippen LogP contribution is -2.77. The molecule has 0 aliphatic carbocycles. The van der Waals surface area contributed by atoms with E-state index in [4.69, 9.17) is 0 Å². The SMILES string of the molecule is O[C@@H]1C[C@@H]2CN(Cc3cccnc3)CC3(CN(Cc4ccccn4)C3)N2C1. The van der Waals surface area contributed by atoms with Gasteiger partial charge in [0.05, 0.1) is 17.3 Å². The van der Waals surface area contributed by atoms with Crippen LogP contribution in [0.1, 0.15) is 17.7 Å². The second kappa shape index (κ2) is 6.95. The van der Waals surface area contributed by atoms with Crippen molar-refractivity contribution in [2.24, 2.45) is 0 Å². The van der Waals surface area contributed by atoms with E-state index in [1.54, 1.807) is 0 Å². The van der Waals surface area contributed by atoms with Crippen LogP contribution in [0.15, 0.2) is 48.9 Å². The van der Waals surface area contributed by atoms with Crippen molar-refractivity contribution in [2.75, 3.05) is 32.7 Å². The van der Waals surface area contributed by atoms with E-state index >= 15 is 0 Å². The highest BCUT2D eigenvalue weighted by Gasteiger charge is 2.55. The number of likely N-dealkylation sites (tertiary alicyclic amines) is 1. The molecule has 3 fully saturated rings. The molecule has 142 valence electrons. The Morgan fingerprint density at radius 1 is 1.00 bits per heavy atom. The molecule has 6 nitrogen and oxygen atoms in total. The maximum atomic E-state index is 10.3. The van der Waals surface area contributed by atoms with Crippen molar-refractivity contribution in [1.82, 2.24) is 24.7 Å². The largest absolute Gasteiger partial charge is 0.392 e. The Labute approximate surface area is 160 Å². The predicted molar refractivity (Wildman–Crippen MR) is 103 cm³/mol. The number of aromatic nitrogens is 2. The van der Waals surface area contributed by atoms with E-state index in [-0.39, 0.29) is 11.6 Å². The van der Waals surface area contributed by atoms with Gasteiger partial charge in [-0.15, -0.1) is 0 Å². The number of fused-ring (bicyclic) bond motifs is 2. The molecule has 0 saturated carbocycles. The van der Waals surface area contributed by atoms with E-state index in [2.05, 4.69) is 42.9 Å². The molecular formula is C21H27N5O. The summed E-state index contributed by atoms with van der Waals surface area (Å²) in [5.41, 5.74) is 2.56.